The zero-order chi connectivity index (χ0) is 10.3. The highest BCUT2D eigenvalue weighted by Gasteiger charge is 2.27. The number of anilines is 1. The number of nitrogens with two attached hydrogens (primary N) is 1. The average Bonchev–Trinajstić information content (AvgIpc) is 2.66. The number of aromatic nitrogens is 2. The van der Waals surface area contributed by atoms with Crippen LogP contribution in [0.2, 0.25) is 0 Å². The molecule has 4 heteroatoms. The van der Waals surface area contributed by atoms with Crippen molar-refractivity contribution in [1.29, 1.82) is 0 Å². The number of hydrogen-bond donors (Lipinski definition) is 1. The molecule has 0 spiro atoms. The second kappa shape index (κ2) is 3.28. The van der Waals surface area contributed by atoms with E-state index in [0.29, 0.717) is 11.9 Å². The Bertz CT molecular complexity index is 340. The molecule has 4 nitrogen and oxygen atoms in total. The fraction of sp³-hybridized carbons (Fsp3) is 0.700. The molecular formula is C10H18N4. The Kier molecular flexibility index (Phi) is 2.23. The number of fused-ring (bicyclic) bond motifs is 1. The van der Waals surface area contributed by atoms with Crippen LogP contribution in [0, 0.1) is 0 Å². The molecule has 0 unspecified atom stereocenters. The predicted octanol–water partition coefficient (Wildman–Crippen LogP) is 1.21. The SMILES string of the molecule is CCn1nc(N)c2c1CN(C(C)C)C2. The van der Waals surface area contributed by atoms with Crippen molar-refractivity contribution in [2.75, 3.05) is 5.73 Å². The summed E-state index contributed by atoms with van der Waals surface area (Å²) in [6.45, 7) is 9.39. The lowest BCUT2D eigenvalue weighted by Crippen LogP contribution is -2.25. The standard InChI is InChI=1S/C10H18N4/c1-4-14-9-6-13(7(2)3)5-8(9)10(11)12-14/h7H,4-6H2,1-3H3,(H2,11,12). The molecule has 0 saturated carbocycles. The zero-order valence-electron chi connectivity index (χ0n) is 9.12. The summed E-state index contributed by atoms with van der Waals surface area (Å²) in [4.78, 5) is 2.41. The monoisotopic (exact) mass is 194 g/mol. The van der Waals surface area contributed by atoms with Crippen LogP contribution in [0.1, 0.15) is 32.0 Å². The Morgan fingerprint density at radius 3 is 2.71 bits per heavy atom. The quantitative estimate of drug-likeness (QED) is 0.769. The molecule has 1 aromatic rings. The third-order valence-corrected chi connectivity index (χ3v) is 2.94. The predicted molar refractivity (Wildman–Crippen MR) is 56.7 cm³/mol. The van der Waals surface area contributed by atoms with Gasteiger partial charge >= 0.3 is 0 Å². The highest BCUT2D eigenvalue weighted by atomic mass is 15.3. The smallest absolute Gasteiger partial charge is 0.150 e. The summed E-state index contributed by atoms with van der Waals surface area (Å²) in [7, 11) is 0. The topological polar surface area (TPSA) is 47.1 Å². The fourth-order valence-corrected chi connectivity index (χ4v) is 1.98. The van der Waals surface area contributed by atoms with E-state index in [9.17, 15) is 0 Å². The highest BCUT2D eigenvalue weighted by molar-refractivity contribution is 5.44. The minimum absolute atomic E-state index is 0.576. The molecular weight excluding hydrogens is 176 g/mol. The van der Waals surface area contributed by atoms with Crippen molar-refractivity contribution in [3.63, 3.8) is 0 Å². The van der Waals surface area contributed by atoms with Crippen LogP contribution in [0.5, 0.6) is 0 Å². The van der Waals surface area contributed by atoms with E-state index >= 15 is 0 Å². The minimum atomic E-state index is 0.576. The van der Waals surface area contributed by atoms with Crippen LogP contribution in [0.15, 0.2) is 0 Å². The van der Waals surface area contributed by atoms with Gasteiger partial charge in [0.15, 0.2) is 0 Å². The van der Waals surface area contributed by atoms with E-state index in [1.54, 1.807) is 0 Å². The lowest BCUT2D eigenvalue weighted by atomic mass is 10.3. The van der Waals surface area contributed by atoms with E-state index in [-0.39, 0.29) is 0 Å². The second-order valence-electron chi connectivity index (χ2n) is 4.12. The summed E-state index contributed by atoms with van der Waals surface area (Å²) < 4.78 is 2.02. The lowest BCUT2D eigenvalue weighted by molar-refractivity contribution is 0.222. The molecule has 0 bridgehead atoms. The van der Waals surface area contributed by atoms with Gasteiger partial charge in [-0.1, -0.05) is 0 Å². The number of hydrogen-bond acceptors (Lipinski definition) is 3. The molecule has 2 rings (SSSR count). The lowest BCUT2D eigenvalue weighted by Gasteiger charge is -2.19. The molecule has 0 saturated heterocycles. The molecule has 1 aromatic heterocycles. The third kappa shape index (κ3) is 1.30. The molecule has 0 atom stereocenters. The minimum Gasteiger partial charge on any atom is -0.382 e. The van der Waals surface area contributed by atoms with E-state index < -0.39 is 0 Å². The zero-order valence-corrected chi connectivity index (χ0v) is 9.12. The summed E-state index contributed by atoms with van der Waals surface area (Å²) in [6.07, 6.45) is 0. The first-order valence-corrected chi connectivity index (χ1v) is 5.21. The van der Waals surface area contributed by atoms with Gasteiger partial charge in [-0.25, -0.2) is 0 Å². The Labute approximate surface area is 84.7 Å². The van der Waals surface area contributed by atoms with Crippen LogP contribution in [-0.2, 0) is 19.6 Å². The summed E-state index contributed by atoms with van der Waals surface area (Å²) in [5.74, 6) is 0.713. The van der Waals surface area contributed by atoms with Crippen molar-refractivity contribution >= 4 is 5.82 Å². The second-order valence-corrected chi connectivity index (χ2v) is 4.12. The molecule has 2 N–H and O–H groups in total. The van der Waals surface area contributed by atoms with E-state index in [2.05, 4.69) is 30.8 Å². The van der Waals surface area contributed by atoms with Gasteiger partial charge in [0.1, 0.15) is 5.82 Å². The fourth-order valence-electron chi connectivity index (χ4n) is 1.98. The van der Waals surface area contributed by atoms with E-state index in [4.69, 9.17) is 5.73 Å². The van der Waals surface area contributed by atoms with Crippen molar-refractivity contribution in [3.05, 3.63) is 11.3 Å². The number of nitrogen functional groups attached to an aromatic ring is 1. The molecule has 0 aromatic carbocycles. The molecule has 1 aliphatic heterocycles. The summed E-state index contributed by atoms with van der Waals surface area (Å²) in [5.41, 5.74) is 8.41. The first-order chi connectivity index (χ1) is 6.63. The van der Waals surface area contributed by atoms with Gasteiger partial charge in [-0.15, -0.1) is 0 Å². The van der Waals surface area contributed by atoms with Gasteiger partial charge in [-0.2, -0.15) is 5.10 Å². The van der Waals surface area contributed by atoms with Gasteiger partial charge in [0.2, 0.25) is 0 Å². The Hall–Kier alpha value is -1.03. The van der Waals surface area contributed by atoms with E-state index in [0.717, 1.165) is 19.6 Å². The van der Waals surface area contributed by atoms with Gasteiger partial charge in [0.25, 0.3) is 0 Å². The van der Waals surface area contributed by atoms with Crippen LogP contribution in [0.3, 0.4) is 0 Å². The Balaban J connectivity index is 2.30. The molecule has 0 radical (unpaired) electrons. The summed E-state index contributed by atoms with van der Waals surface area (Å²) >= 11 is 0. The van der Waals surface area contributed by atoms with Crippen LogP contribution >= 0.6 is 0 Å². The average molecular weight is 194 g/mol. The van der Waals surface area contributed by atoms with Gasteiger partial charge in [-0.3, -0.25) is 9.58 Å². The largest absolute Gasteiger partial charge is 0.382 e. The maximum absolute atomic E-state index is 5.87. The summed E-state index contributed by atoms with van der Waals surface area (Å²) in [5, 5.41) is 4.31. The van der Waals surface area contributed by atoms with Crippen molar-refractivity contribution < 1.29 is 0 Å². The van der Waals surface area contributed by atoms with Crippen molar-refractivity contribution in [3.8, 4) is 0 Å². The van der Waals surface area contributed by atoms with Crippen LogP contribution < -0.4 is 5.73 Å². The van der Waals surface area contributed by atoms with Crippen molar-refractivity contribution in [2.24, 2.45) is 0 Å². The van der Waals surface area contributed by atoms with Gasteiger partial charge < -0.3 is 5.73 Å². The molecule has 78 valence electrons. The first kappa shape index (κ1) is 9.52. The maximum atomic E-state index is 5.87. The molecule has 14 heavy (non-hydrogen) atoms. The van der Waals surface area contributed by atoms with Gasteiger partial charge in [0, 0.05) is 31.2 Å². The Morgan fingerprint density at radius 2 is 2.14 bits per heavy atom. The normalized spacial score (nSPS) is 16.6. The van der Waals surface area contributed by atoms with Crippen molar-refractivity contribution in [2.45, 2.75) is 46.4 Å². The van der Waals surface area contributed by atoms with E-state index in [1.807, 2.05) is 4.68 Å². The maximum Gasteiger partial charge on any atom is 0.150 e. The van der Waals surface area contributed by atoms with E-state index in [1.165, 1.54) is 11.3 Å². The number of aryl methyl sites for hydroxylation is 1. The number of nitrogens with zero attached hydrogens (tertiary/aromatic N) is 3. The Morgan fingerprint density at radius 1 is 1.43 bits per heavy atom. The highest BCUT2D eigenvalue weighted by Crippen LogP contribution is 2.28. The van der Waals surface area contributed by atoms with Gasteiger partial charge in [0.05, 0.1) is 5.69 Å². The molecule has 1 aliphatic rings. The molecule has 0 aliphatic carbocycles. The summed E-state index contributed by atoms with van der Waals surface area (Å²) in [6, 6.07) is 0.576. The van der Waals surface area contributed by atoms with Gasteiger partial charge in [-0.05, 0) is 20.8 Å². The van der Waals surface area contributed by atoms with Crippen LogP contribution in [0.25, 0.3) is 0 Å². The first-order valence-electron chi connectivity index (χ1n) is 5.21. The third-order valence-electron chi connectivity index (χ3n) is 2.94. The molecule has 0 amide bonds. The van der Waals surface area contributed by atoms with Crippen LogP contribution in [-0.4, -0.2) is 20.7 Å². The number of rotatable bonds is 2. The van der Waals surface area contributed by atoms with Crippen LogP contribution in [0.4, 0.5) is 5.82 Å². The molecule has 0 fully saturated rings. The molecule has 2 heterocycles. The van der Waals surface area contributed by atoms with Crippen molar-refractivity contribution in [1.82, 2.24) is 14.7 Å².